The van der Waals surface area contributed by atoms with E-state index in [0.717, 1.165) is 107 Å². The first-order valence-electron chi connectivity index (χ1n) is 43.6. The third-order valence-electron chi connectivity index (χ3n) is 16.5. The number of methoxy groups -OCH3 is 2. The van der Waals surface area contributed by atoms with E-state index in [0.29, 0.717) is 46.9 Å². The zero-order chi connectivity index (χ0) is 113. The Hall–Kier alpha value is -5.75. The van der Waals surface area contributed by atoms with Gasteiger partial charge in [0.15, 0.2) is 33.5 Å². The van der Waals surface area contributed by atoms with E-state index < -0.39 is 138 Å². The number of carbonyl (C=O) groups is 5. The summed E-state index contributed by atoms with van der Waals surface area (Å²) in [7, 11) is -23.2. The van der Waals surface area contributed by atoms with Crippen LogP contribution in [0.2, 0.25) is 0 Å². The van der Waals surface area contributed by atoms with E-state index in [2.05, 4.69) is 56.4 Å². The summed E-state index contributed by atoms with van der Waals surface area (Å²) in [5.74, 6) is -2.02. The van der Waals surface area contributed by atoms with Crippen LogP contribution in [0.1, 0.15) is 252 Å². The van der Waals surface area contributed by atoms with Crippen LogP contribution in [0.25, 0.3) is 0 Å². The number of aromatic carboxylic acids is 1. The predicted molar refractivity (Wildman–Crippen MR) is 555 cm³/mol. The Morgan fingerprint density at radius 1 is 0.497 bits per heavy atom. The van der Waals surface area contributed by atoms with Gasteiger partial charge in [0.2, 0.25) is 122 Å². The van der Waals surface area contributed by atoms with Gasteiger partial charge in [-0.25, -0.2) is 95.7 Å². The Morgan fingerprint density at radius 3 is 1.02 bits per heavy atom. The number of hydrogen-bond acceptors (Lipinski definition) is 38. The predicted octanol–water partition coefficient (Wildman–Crippen LogP) is 4.28. The number of carboxylic acid groups (broad SMARTS) is 1. The van der Waals surface area contributed by atoms with Crippen LogP contribution in [0.3, 0.4) is 0 Å². The fourth-order valence-electron chi connectivity index (χ4n) is 8.65. The number of alkyl halides is 1. The average Bonchev–Trinajstić information content (AvgIpc) is 1.67. The molecule has 0 aromatic carbocycles. The van der Waals surface area contributed by atoms with Crippen LogP contribution in [0.4, 0.5) is 4.39 Å². The first-order valence-corrected chi connectivity index (χ1v) is 60.4. The van der Waals surface area contributed by atoms with Crippen molar-refractivity contribution < 1.29 is 241 Å². The molecule has 44 nitrogen and oxygen atoms in total. The Morgan fingerprint density at radius 2 is 0.772 bits per heavy atom. The van der Waals surface area contributed by atoms with Crippen LogP contribution in [-0.2, 0) is 130 Å². The van der Waals surface area contributed by atoms with Crippen molar-refractivity contribution in [1.29, 1.82) is 0 Å². The standard InChI is InChI=1S/C12H21NO4S2.C12H19NO4S2.C8H11NO5S.C8H13NO3S.C8H10O4S.C7H8O5S.C6H5BrO3.C6H6O5S.C4H11NOS.3C4H8O.C2H6O.C2H5.CH3F.3ClH.Mg.Na.H2O/c2*1-6-9(13-18(14)12(2,3)4)10-7-8-11(17-10)19(5,15)16;1-9(13-2)8(10)6-4-5-7(14-6)15(3,11)12;2*1-3-6(9)7-4-5-8(12-7)13(2,10)11;1-11-7(8)5-3-4-6(12-5)13(2,9)10;1-9-6(8)4-2-3-5(7)10-4;1-12(9,10)5-3-2-4(11-5)6(7)8;1-4(2,3)7(5)6;3*1-2-4-5-3-1;1-2-3;2*1-2;;;;;;/h7-9,13H,6H2,1-5H3;7-8H,6H2,1-5H3;4-5H,1-3H3;4-6H,3,9H2,1-2H3;4-5H,3H2,1-2H3;3-4H,1-2H3;2-3H,1H3;2-3H,1H3,(H,7,8);5H2,1-3H3;3*1-4H2;3H,2H2,1H3;1H2,2H3;1H3;3*1H;;;1H2/q;;;;;;;;;;;;;-1;;;;;+2;+1;/p-2/t9-,18+;18-;;6-;;;;;7-;;;;;;;;;;;;/m01.0....1............/s1/i;;;;;;;;;;;;;;1D;;;;;;. The van der Waals surface area contributed by atoms with E-state index in [1.54, 1.807) is 45.0 Å². The molecule has 3 aliphatic rings. The van der Waals surface area contributed by atoms with Crippen molar-refractivity contribution >= 4 is 189 Å². The Kier molecular flexibility index (Phi) is 87.4. The fourth-order valence-corrected chi connectivity index (χ4v) is 14.5. The molecule has 149 heavy (non-hydrogen) atoms. The second-order valence-electron chi connectivity index (χ2n) is 32.0. The molecule has 0 bridgehead atoms. The van der Waals surface area contributed by atoms with Crippen molar-refractivity contribution in [2.24, 2.45) is 9.54 Å². The topological polar surface area (TPSA) is 688 Å². The number of aliphatic hydroxyl groups excluding tert-OH is 1. The normalized spacial score (nSPS) is 13.5. The molecular formula is C88H145BrCl3FMgN5NaO39S10. The first-order chi connectivity index (χ1) is 66.2. The van der Waals surface area contributed by atoms with E-state index in [9.17, 15) is 99.9 Å². The van der Waals surface area contributed by atoms with Crippen LogP contribution < -0.4 is 70.0 Å². The monoisotopic (exact) mass is 2470 g/mol. The van der Waals surface area contributed by atoms with Gasteiger partial charge in [-0.15, -0.1) is 12.4 Å². The van der Waals surface area contributed by atoms with Crippen LogP contribution in [0.5, 0.6) is 0 Å². The molecule has 0 spiro atoms. The summed E-state index contributed by atoms with van der Waals surface area (Å²) in [5.41, 5.74) is 4.34. The molecule has 11 rings (SSSR count). The van der Waals surface area contributed by atoms with Crippen molar-refractivity contribution in [2.75, 3.05) is 126 Å². The number of sulfone groups is 7. The van der Waals surface area contributed by atoms with E-state index in [1.165, 1.54) is 128 Å². The maximum atomic E-state index is 12.1. The molecule has 0 aliphatic carbocycles. The number of ketones is 1. The number of carboxylic acids is 1. The van der Waals surface area contributed by atoms with Gasteiger partial charge in [-0.05, 0) is 234 Å². The first kappa shape index (κ1) is 161. The number of Topliss-reactive ketones (excluding diaryl/α,β-unsaturated/α-hetero) is 1. The van der Waals surface area contributed by atoms with Crippen LogP contribution in [-0.4, -0.2) is 290 Å². The van der Waals surface area contributed by atoms with Crippen LogP contribution in [0.15, 0.2) is 177 Å². The van der Waals surface area contributed by atoms with E-state index in [-0.39, 0.29) is 194 Å². The van der Waals surface area contributed by atoms with Crippen molar-refractivity contribution in [3.8, 4) is 0 Å². The second kappa shape index (κ2) is 80.9. The van der Waals surface area contributed by atoms with Gasteiger partial charge in [0, 0.05) is 110 Å². The number of aliphatic hydroxyl groups is 1. The molecular weight excluding hydrogens is 2320 g/mol. The number of nitrogens with zero attached hydrogens (tertiary/aromatic N) is 2. The summed E-state index contributed by atoms with van der Waals surface area (Å²) < 4.78 is 274. The van der Waals surface area contributed by atoms with Gasteiger partial charge in [0.25, 0.3) is 0 Å². The number of amides is 1. The number of carbonyl (C=O) groups excluding carboxylic acids is 4. The molecule has 11 heterocycles. The largest absolute Gasteiger partial charge is 2.00 e. The minimum Gasteiger partial charge on any atom is -1.00 e. The summed E-state index contributed by atoms with van der Waals surface area (Å²) >= 11 is 3.06. The molecule has 9 N–H and O–H groups in total. The minimum absolute atomic E-state index is 0. The summed E-state index contributed by atoms with van der Waals surface area (Å²) in [6.45, 7) is 36.9. The van der Waals surface area contributed by atoms with Crippen molar-refractivity contribution in [1.82, 2.24) is 9.79 Å². The molecule has 3 fully saturated rings. The van der Waals surface area contributed by atoms with Gasteiger partial charge in [0.05, 0.1) is 77.8 Å². The molecule has 0 radical (unpaired) electrons. The van der Waals surface area contributed by atoms with Gasteiger partial charge < -0.3 is 112 Å². The van der Waals surface area contributed by atoms with E-state index in [4.69, 9.17) is 61.9 Å². The third-order valence-corrected chi connectivity index (χ3v) is 27.8. The van der Waals surface area contributed by atoms with Gasteiger partial charge in [-0.2, -0.15) is 11.3 Å². The number of esters is 2. The zero-order valence-corrected chi connectivity index (χ0v) is 104. The molecule has 854 valence electrons. The summed E-state index contributed by atoms with van der Waals surface area (Å²) in [4.78, 5) is 58.9. The van der Waals surface area contributed by atoms with Gasteiger partial charge >= 0.3 is 76.4 Å². The van der Waals surface area contributed by atoms with E-state index in [1.807, 2.05) is 83.1 Å². The molecule has 1 amide bonds. The Labute approximate surface area is 950 Å². The number of rotatable bonds is 23. The molecule has 0 unspecified atom stereocenters. The van der Waals surface area contributed by atoms with Crippen LogP contribution >= 0.6 is 28.3 Å². The number of ether oxygens (including phenoxy) is 5. The summed E-state index contributed by atoms with van der Waals surface area (Å²) in [6, 6.07) is 21.9. The second-order valence-corrected chi connectivity index (χ2v) is 52.1. The Balaban J connectivity index is -0.000000179. The van der Waals surface area contributed by atoms with E-state index >= 15 is 0 Å². The quantitative estimate of drug-likeness (QED) is 0.0149. The number of halogens is 5. The number of nitrogens with one attached hydrogen (secondary N) is 1. The van der Waals surface area contributed by atoms with Crippen molar-refractivity contribution in [3.05, 3.63) is 155 Å². The Bertz CT molecular complexity index is 5990. The van der Waals surface area contributed by atoms with Gasteiger partial charge in [-0.1, -0.05) is 27.7 Å². The maximum Gasteiger partial charge on any atom is 2.00 e. The number of quaternary nitrogens is 1. The molecule has 0 saturated carbocycles. The number of hydrogen-bond donors (Lipinski definition) is 5. The SMILES string of the molecule is C1CCOC1.C1CCOC1.C1CCOC1.CC(C)(C)[S@](N)=O.CCC(=N[S@](=O)C(C)(C)C)c1ccc(S(C)(=O)=O)o1.CCC(=O)c1ccc(S(C)(=O)=O)o1.CCO.CC[C@H](N[S@](=O)C(C)(C)C)c1ccc(S(C)(=O)=O)o1.CC[C@H]([NH3+])c1ccc(S(C)(=O)=O)o1.COC(=O)c1ccc(Br)o1.COC(=O)c1ccc(S(C)(=O)=O)o1.CON(C)C(=O)c1ccc(S(C)(=O)=O)o1.CS(=O)(=O)c1ccc(C(=O)O)o1.Cl.[2H]CF.[CH2-]C.[Cl-].[Cl-].[Mg+2].[Na+].[OH-]. The third kappa shape index (κ3) is 70.5. The number of furan rings is 8. The molecule has 3 aliphatic heterocycles. The van der Waals surface area contributed by atoms with Crippen LogP contribution in [0, 0.1) is 6.92 Å². The summed E-state index contributed by atoms with van der Waals surface area (Å²) in [5, 5.41) is 20.8. The maximum absolute atomic E-state index is 12.1. The van der Waals surface area contributed by atoms with Gasteiger partial charge in [-0.3, -0.25) is 24.0 Å². The zero-order valence-electron chi connectivity index (χ0n) is 89.8. The molecule has 5 atom stereocenters. The minimum atomic E-state index is -3.45. The average molecular weight is 2470 g/mol. The number of hydroxylamine groups is 2. The molecule has 61 heteroatoms. The van der Waals surface area contributed by atoms with Gasteiger partial charge in [0.1, 0.15) is 22.8 Å². The number of nitrogens with two attached hydrogens (primary N) is 1. The molecule has 8 aromatic rings. The fraction of sp³-hybridized carbons (Fsp3) is 0.557. The van der Waals surface area contributed by atoms with Crippen molar-refractivity contribution in [2.45, 2.75) is 230 Å². The molecule has 3 saturated heterocycles. The van der Waals surface area contributed by atoms with Crippen molar-refractivity contribution in [3.63, 3.8) is 0 Å². The smallest absolute Gasteiger partial charge is 1.00 e. The summed E-state index contributed by atoms with van der Waals surface area (Å²) in [6.07, 6.45) is 17.2. The molecule has 8 aromatic heterocycles.